The molecule has 5 aliphatic rings. The van der Waals surface area contributed by atoms with Crippen LogP contribution in [0.1, 0.15) is 57.6 Å². The molecule has 1 aliphatic heterocycles. The molecule has 30 heavy (non-hydrogen) atoms. The maximum Gasteiger partial charge on any atom is 0.309 e. The Morgan fingerprint density at radius 3 is 2.50 bits per heavy atom. The Morgan fingerprint density at radius 2 is 1.80 bits per heavy atom. The Labute approximate surface area is 176 Å². The van der Waals surface area contributed by atoms with E-state index in [1.54, 1.807) is 0 Å². The first-order valence-electron chi connectivity index (χ1n) is 11.2. The van der Waals surface area contributed by atoms with Crippen molar-refractivity contribution >= 4 is 22.8 Å². The summed E-state index contributed by atoms with van der Waals surface area (Å²) < 4.78 is 0. The van der Waals surface area contributed by atoms with Crippen molar-refractivity contribution in [3.8, 4) is 0 Å². The lowest BCUT2D eigenvalue weighted by Gasteiger charge is -2.66. The minimum absolute atomic E-state index is 0.00750. The third-order valence-electron chi connectivity index (χ3n) is 8.70. The van der Waals surface area contributed by atoms with Crippen molar-refractivity contribution in [2.24, 2.45) is 28.6 Å². The van der Waals surface area contributed by atoms with E-state index < -0.39 is 16.8 Å². The van der Waals surface area contributed by atoms with Gasteiger partial charge in [-0.25, -0.2) is 0 Å². The third kappa shape index (κ3) is 2.21. The van der Waals surface area contributed by atoms with E-state index in [2.05, 4.69) is 34.1 Å². The van der Waals surface area contributed by atoms with E-state index in [4.69, 9.17) is 0 Å². The lowest BCUT2D eigenvalue weighted by Crippen LogP contribution is -2.70. The number of amides is 1. The van der Waals surface area contributed by atoms with Crippen LogP contribution < -0.4 is 0 Å². The average molecular weight is 405 g/mol. The molecule has 1 N–H and O–H groups in total. The second-order valence-corrected chi connectivity index (χ2v) is 10.8. The number of aliphatic carboxylic acids is 1. The van der Waals surface area contributed by atoms with Crippen molar-refractivity contribution in [1.29, 1.82) is 0 Å². The smallest absolute Gasteiger partial charge is 0.309 e. The molecule has 4 aliphatic carbocycles. The van der Waals surface area contributed by atoms with Crippen LogP contribution in [0.5, 0.6) is 0 Å². The summed E-state index contributed by atoms with van der Waals surface area (Å²) in [6, 6.07) is 10.4. The van der Waals surface area contributed by atoms with Gasteiger partial charge in [0.25, 0.3) is 0 Å². The summed E-state index contributed by atoms with van der Waals surface area (Å²) >= 11 is 0. The molecule has 2 aromatic rings. The van der Waals surface area contributed by atoms with Crippen molar-refractivity contribution in [1.82, 2.24) is 9.88 Å². The number of aromatic nitrogens is 1. The molecule has 5 heteroatoms. The summed E-state index contributed by atoms with van der Waals surface area (Å²) in [5.74, 6) is 0.709. The van der Waals surface area contributed by atoms with Crippen molar-refractivity contribution < 1.29 is 14.7 Å². The van der Waals surface area contributed by atoms with Crippen molar-refractivity contribution in [3.05, 3.63) is 42.1 Å². The number of carbonyl (C=O) groups is 2. The van der Waals surface area contributed by atoms with Crippen LogP contribution in [0.2, 0.25) is 0 Å². The van der Waals surface area contributed by atoms with Gasteiger partial charge < -0.3 is 10.0 Å². The van der Waals surface area contributed by atoms with Gasteiger partial charge in [0.1, 0.15) is 0 Å². The summed E-state index contributed by atoms with van der Waals surface area (Å²) in [4.78, 5) is 32.4. The lowest BCUT2D eigenvalue weighted by molar-refractivity contribution is -0.202. The van der Waals surface area contributed by atoms with E-state index in [9.17, 15) is 14.7 Å². The van der Waals surface area contributed by atoms with Gasteiger partial charge in [-0.05, 0) is 69.8 Å². The number of pyridine rings is 1. The van der Waals surface area contributed by atoms with Gasteiger partial charge in [-0.2, -0.15) is 0 Å². The zero-order valence-electron chi connectivity index (χ0n) is 17.5. The van der Waals surface area contributed by atoms with Gasteiger partial charge in [-0.1, -0.05) is 24.3 Å². The first kappa shape index (κ1) is 18.3. The van der Waals surface area contributed by atoms with E-state index in [1.165, 1.54) is 0 Å². The Balaban J connectivity index is 1.42. The SMILES string of the molecule is CC1(C)C(=O)N(C2C3CC4C[C@H]2CC(C(=O)O)(C4)C3)C1c1cccc2cccnc12. The number of fused-ring (bicyclic) bond motifs is 1. The molecule has 5 unspecified atom stereocenters. The van der Waals surface area contributed by atoms with Crippen LogP contribution in [-0.2, 0) is 9.59 Å². The first-order valence-corrected chi connectivity index (χ1v) is 11.2. The minimum Gasteiger partial charge on any atom is -0.481 e. The number of rotatable bonds is 3. The summed E-state index contributed by atoms with van der Waals surface area (Å²) in [6.07, 6.45) is 6.25. The van der Waals surface area contributed by atoms with Crippen LogP contribution in [0.15, 0.2) is 36.5 Å². The molecule has 4 bridgehead atoms. The number of carboxylic acid groups (broad SMARTS) is 1. The van der Waals surface area contributed by atoms with E-state index in [0.717, 1.165) is 48.6 Å². The largest absolute Gasteiger partial charge is 0.481 e. The number of carboxylic acids is 1. The first-order chi connectivity index (χ1) is 14.3. The molecule has 0 spiro atoms. The molecule has 6 atom stereocenters. The zero-order chi connectivity index (χ0) is 20.8. The average Bonchev–Trinajstić information content (AvgIpc) is 2.71. The van der Waals surface area contributed by atoms with E-state index in [1.807, 2.05) is 26.1 Å². The molecule has 156 valence electrons. The summed E-state index contributed by atoms with van der Waals surface area (Å²) in [6.45, 7) is 4.10. The normalized spacial score (nSPS) is 38.7. The number of β-lactam (4-membered cyclic amide) rings is 1. The molecule has 1 amide bonds. The minimum atomic E-state index is -0.620. The number of para-hydroxylation sites is 1. The predicted molar refractivity (Wildman–Crippen MR) is 113 cm³/mol. The number of nitrogens with zero attached hydrogens (tertiary/aromatic N) is 2. The monoisotopic (exact) mass is 404 g/mol. The Hall–Kier alpha value is -2.43. The number of hydrogen-bond acceptors (Lipinski definition) is 3. The lowest BCUT2D eigenvalue weighted by atomic mass is 9.47. The fourth-order valence-electron chi connectivity index (χ4n) is 7.76. The second-order valence-electron chi connectivity index (χ2n) is 10.8. The van der Waals surface area contributed by atoms with Crippen LogP contribution in [0, 0.1) is 28.6 Å². The molecular formula is C25H28N2O3. The van der Waals surface area contributed by atoms with Gasteiger partial charge in [0.05, 0.1) is 22.4 Å². The fraction of sp³-hybridized carbons (Fsp3) is 0.560. The van der Waals surface area contributed by atoms with Gasteiger partial charge in [0.2, 0.25) is 5.91 Å². The van der Waals surface area contributed by atoms with Gasteiger partial charge in [-0.15, -0.1) is 0 Å². The number of hydrogen-bond donors (Lipinski definition) is 1. The number of benzene rings is 1. The highest BCUT2D eigenvalue weighted by atomic mass is 16.4. The molecule has 1 saturated heterocycles. The van der Waals surface area contributed by atoms with Crippen molar-refractivity contribution in [2.75, 3.05) is 0 Å². The van der Waals surface area contributed by atoms with Gasteiger partial charge in [-0.3, -0.25) is 14.6 Å². The molecule has 5 fully saturated rings. The van der Waals surface area contributed by atoms with Gasteiger partial charge in [0.15, 0.2) is 0 Å². The maximum absolute atomic E-state index is 13.4. The standard InChI is InChI=1S/C25H28N2O3/c1-24(2)21(18-7-3-5-15-6-4-8-26-19(15)18)27(22(24)28)20-16-9-14-10-17(20)13-25(11-14,12-16)23(29)30/h3-8,14,16-17,20-21H,9-13H2,1-2H3,(H,29,30)/t14?,16-,17?,20?,21?,25?/m0/s1. The summed E-state index contributed by atoms with van der Waals surface area (Å²) in [7, 11) is 0. The topological polar surface area (TPSA) is 70.5 Å². The second kappa shape index (κ2) is 5.83. The van der Waals surface area contributed by atoms with Gasteiger partial charge in [0, 0.05) is 23.2 Å². The van der Waals surface area contributed by atoms with Crippen molar-refractivity contribution in [3.63, 3.8) is 0 Å². The molecule has 2 heterocycles. The molecular weight excluding hydrogens is 376 g/mol. The summed E-state index contributed by atoms with van der Waals surface area (Å²) in [5.41, 5.74) is 1.08. The van der Waals surface area contributed by atoms with Crippen LogP contribution in [-0.4, -0.2) is 32.9 Å². The molecule has 7 rings (SSSR count). The highest BCUT2D eigenvalue weighted by Crippen LogP contribution is 2.64. The predicted octanol–water partition coefficient (Wildman–Crippen LogP) is 4.42. The Kier molecular flexibility index (Phi) is 3.57. The van der Waals surface area contributed by atoms with Gasteiger partial charge >= 0.3 is 5.97 Å². The van der Waals surface area contributed by atoms with E-state index in [0.29, 0.717) is 17.8 Å². The van der Waals surface area contributed by atoms with Crippen LogP contribution in [0.4, 0.5) is 0 Å². The van der Waals surface area contributed by atoms with E-state index in [-0.39, 0.29) is 18.0 Å². The molecule has 1 aromatic carbocycles. The van der Waals surface area contributed by atoms with E-state index >= 15 is 0 Å². The Bertz CT molecular complexity index is 1060. The molecule has 4 saturated carbocycles. The fourth-order valence-corrected chi connectivity index (χ4v) is 7.76. The molecule has 0 radical (unpaired) electrons. The zero-order valence-corrected chi connectivity index (χ0v) is 17.5. The Morgan fingerprint density at radius 1 is 1.10 bits per heavy atom. The quantitative estimate of drug-likeness (QED) is 0.769. The summed E-state index contributed by atoms with van der Waals surface area (Å²) in [5, 5.41) is 11.1. The number of carbonyl (C=O) groups excluding carboxylic acids is 1. The van der Waals surface area contributed by atoms with Crippen LogP contribution in [0.3, 0.4) is 0 Å². The molecule has 5 nitrogen and oxygen atoms in total. The van der Waals surface area contributed by atoms with Crippen molar-refractivity contribution in [2.45, 2.75) is 58.0 Å². The molecule has 1 aromatic heterocycles. The number of likely N-dealkylation sites (tertiary alicyclic amines) is 1. The van der Waals surface area contributed by atoms with Crippen LogP contribution >= 0.6 is 0 Å². The highest BCUT2D eigenvalue weighted by molar-refractivity contribution is 5.93. The van der Waals surface area contributed by atoms with Crippen LogP contribution in [0.25, 0.3) is 10.9 Å². The third-order valence-corrected chi connectivity index (χ3v) is 8.70. The maximum atomic E-state index is 13.4. The highest BCUT2D eigenvalue weighted by Gasteiger charge is 2.65.